The van der Waals surface area contributed by atoms with Gasteiger partial charge in [0.05, 0.1) is 5.69 Å². The van der Waals surface area contributed by atoms with Gasteiger partial charge in [-0.1, -0.05) is 151 Å². The van der Waals surface area contributed by atoms with Gasteiger partial charge in [0.2, 0.25) is 7.28 Å². The second-order valence-corrected chi connectivity index (χ2v) is 21.8. The number of para-hydroxylation sites is 1. The first-order valence-electron chi connectivity index (χ1n) is 24.9. The lowest BCUT2D eigenvalue weighted by atomic mass is 9.56. The van der Waals surface area contributed by atoms with Crippen LogP contribution in [0.25, 0.3) is 55.3 Å². The Balaban J connectivity index is 1.24. The van der Waals surface area contributed by atoms with Crippen LogP contribution < -0.4 is 21.1 Å². The summed E-state index contributed by atoms with van der Waals surface area (Å²) in [6.45, 7) is 19.1. The second kappa shape index (κ2) is 15.6. The SMILES string of the molecule is CCCCc1ccc(N2c3ccc4c(oc5ccccc54)c3[B]c3c(-c4cc5c(cc4Nc4ccc(C)cc4)C(C)(C)CCC5(C)C)cc4c(c32)C(C)(C)c2ccccc2-4)c(-c2ccccc2)c1. The van der Waals surface area contributed by atoms with Crippen LogP contribution in [0.1, 0.15) is 108 Å². The minimum atomic E-state index is -0.305. The number of furan rings is 1. The number of benzene rings is 8. The lowest BCUT2D eigenvalue weighted by Gasteiger charge is -2.43. The molecule has 2 aliphatic carbocycles. The van der Waals surface area contributed by atoms with E-state index in [1.54, 1.807) is 0 Å². The molecule has 2 heterocycles. The molecule has 3 nitrogen and oxygen atoms in total. The first-order valence-corrected chi connectivity index (χ1v) is 24.9. The maximum absolute atomic E-state index is 7.02. The Kier molecular flexibility index (Phi) is 9.79. The Morgan fingerprint density at radius 2 is 1.29 bits per heavy atom. The van der Waals surface area contributed by atoms with Crippen LogP contribution in [-0.2, 0) is 22.7 Å². The molecule has 1 aromatic heterocycles. The Bertz CT molecular complexity index is 3480. The van der Waals surface area contributed by atoms with E-state index in [1.807, 2.05) is 0 Å². The number of anilines is 5. The number of nitrogens with one attached hydrogen (secondary N) is 1. The lowest BCUT2D eigenvalue weighted by molar-refractivity contribution is 0.332. The molecule has 3 aliphatic rings. The van der Waals surface area contributed by atoms with Crippen molar-refractivity contribution in [3.63, 3.8) is 0 Å². The van der Waals surface area contributed by atoms with Crippen molar-refractivity contribution in [2.75, 3.05) is 10.2 Å². The topological polar surface area (TPSA) is 28.4 Å². The van der Waals surface area contributed by atoms with E-state index < -0.39 is 0 Å². The fourth-order valence-electron chi connectivity index (χ4n) is 12.1. The van der Waals surface area contributed by atoms with Crippen molar-refractivity contribution in [2.24, 2.45) is 0 Å². The predicted octanol–water partition coefficient (Wildman–Crippen LogP) is 16.4. The van der Waals surface area contributed by atoms with Gasteiger partial charge in [-0.15, -0.1) is 0 Å². The van der Waals surface area contributed by atoms with Crippen LogP contribution in [-0.4, -0.2) is 7.28 Å². The number of rotatable bonds is 8. The van der Waals surface area contributed by atoms with Crippen molar-refractivity contribution >= 4 is 68.6 Å². The van der Waals surface area contributed by atoms with Crippen LogP contribution in [0, 0.1) is 6.92 Å². The molecule has 0 atom stereocenters. The van der Waals surface area contributed by atoms with Crippen molar-refractivity contribution in [3.8, 4) is 33.4 Å². The maximum atomic E-state index is 7.02. The summed E-state index contributed by atoms with van der Waals surface area (Å²) in [6.07, 6.45) is 5.63. The molecule has 9 aromatic rings. The van der Waals surface area contributed by atoms with E-state index in [0.29, 0.717) is 0 Å². The smallest absolute Gasteiger partial charge is 0.203 e. The van der Waals surface area contributed by atoms with Gasteiger partial charge in [0.25, 0.3) is 0 Å². The van der Waals surface area contributed by atoms with E-state index in [-0.39, 0.29) is 16.2 Å². The van der Waals surface area contributed by atoms with Crippen LogP contribution in [0.3, 0.4) is 0 Å². The summed E-state index contributed by atoms with van der Waals surface area (Å²) >= 11 is 0. The van der Waals surface area contributed by atoms with Gasteiger partial charge in [-0.2, -0.15) is 0 Å². The molecule has 0 saturated carbocycles. The molecule has 1 N–H and O–H groups in total. The highest BCUT2D eigenvalue weighted by Crippen LogP contribution is 2.58. The lowest BCUT2D eigenvalue weighted by Crippen LogP contribution is -2.43. The zero-order valence-electron chi connectivity index (χ0n) is 40.9. The number of hydrogen-bond donors (Lipinski definition) is 1. The Labute approximate surface area is 403 Å². The molecule has 0 spiro atoms. The summed E-state index contributed by atoms with van der Waals surface area (Å²) in [5.74, 6) is 0. The van der Waals surface area contributed by atoms with Gasteiger partial charge < -0.3 is 14.6 Å². The van der Waals surface area contributed by atoms with Gasteiger partial charge in [-0.3, -0.25) is 0 Å². The largest absolute Gasteiger partial charge is 0.457 e. The summed E-state index contributed by atoms with van der Waals surface area (Å²) in [5.41, 5.74) is 25.3. The maximum Gasteiger partial charge on any atom is 0.203 e. The van der Waals surface area contributed by atoms with Crippen LogP contribution in [0.5, 0.6) is 0 Å². The molecule has 1 radical (unpaired) electrons. The fourth-order valence-corrected chi connectivity index (χ4v) is 12.1. The molecular formula is C64H60BN2O. The van der Waals surface area contributed by atoms with E-state index >= 15 is 0 Å². The highest BCUT2D eigenvalue weighted by molar-refractivity contribution is 6.75. The van der Waals surface area contributed by atoms with Gasteiger partial charge in [0, 0.05) is 50.1 Å². The Morgan fingerprint density at radius 1 is 0.588 bits per heavy atom. The molecule has 0 bridgehead atoms. The van der Waals surface area contributed by atoms with E-state index in [9.17, 15) is 0 Å². The number of hydrogen-bond acceptors (Lipinski definition) is 3. The molecule has 1 aliphatic heterocycles. The van der Waals surface area contributed by atoms with E-state index in [2.05, 4.69) is 225 Å². The van der Waals surface area contributed by atoms with Gasteiger partial charge in [-0.25, -0.2) is 0 Å². The van der Waals surface area contributed by atoms with Crippen LogP contribution in [0.2, 0.25) is 0 Å². The summed E-state index contributed by atoms with van der Waals surface area (Å²) in [7, 11) is 2.49. The molecule has 8 aromatic carbocycles. The summed E-state index contributed by atoms with van der Waals surface area (Å²) in [5, 5.41) is 6.31. The number of aryl methyl sites for hydroxylation is 2. The molecule has 335 valence electrons. The van der Waals surface area contributed by atoms with Crippen molar-refractivity contribution in [1.29, 1.82) is 0 Å². The molecule has 0 saturated heterocycles. The van der Waals surface area contributed by atoms with Gasteiger partial charge >= 0.3 is 0 Å². The van der Waals surface area contributed by atoms with Gasteiger partial charge in [0.15, 0.2) is 0 Å². The van der Waals surface area contributed by atoms with Crippen LogP contribution in [0.15, 0.2) is 156 Å². The molecule has 12 rings (SSSR count). The quantitative estimate of drug-likeness (QED) is 0.154. The van der Waals surface area contributed by atoms with Crippen molar-refractivity contribution < 1.29 is 4.42 Å². The standard InChI is InChI=1S/C64H60BN2O/c1-9-10-18-40-27-31-54(46(35-40)41-19-12-11-13-20-41)67-55-32-30-45-44-22-15-17-24-56(44)68-61(45)59(55)65-58-49(36-48-43-21-14-16-23-50(43)64(7,8)57(48)60(58)67)47-37-51-52(63(5,6)34-33-62(51,3)4)38-53(47)66-42-28-25-39(2)26-29-42/h11-17,19-32,35-38,66H,9-10,18,33-34H2,1-8H3. The molecular weight excluding hydrogens is 824 g/mol. The Morgan fingerprint density at radius 3 is 2.07 bits per heavy atom. The molecule has 0 fully saturated rings. The normalized spacial score (nSPS) is 15.9. The van der Waals surface area contributed by atoms with E-state index in [0.717, 1.165) is 76.6 Å². The highest BCUT2D eigenvalue weighted by atomic mass is 16.3. The van der Waals surface area contributed by atoms with Gasteiger partial charge in [0.1, 0.15) is 11.2 Å². The third-order valence-electron chi connectivity index (χ3n) is 16.0. The second-order valence-electron chi connectivity index (χ2n) is 21.8. The third kappa shape index (κ3) is 6.61. The van der Waals surface area contributed by atoms with Crippen molar-refractivity contribution in [3.05, 3.63) is 185 Å². The molecule has 0 unspecified atom stereocenters. The number of unbranched alkanes of at least 4 members (excludes halogenated alkanes) is 1. The number of nitrogens with zero attached hydrogens (tertiary/aromatic N) is 1. The molecule has 4 heteroatoms. The fraction of sp³-hybridized carbons (Fsp3) is 0.250. The van der Waals surface area contributed by atoms with Crippen molar-refractivity contribution in [1.82, 2.24) is 0 Å². The van der Waals surface area contributed by atoms with Crippen LogP contribution in [0.4, 0.5) is 28.4 Å². The minimum Gasteiger partial charge on any atom is -0.457 e. The van der Waals surface area contributed by atoms with E-state index in [1.165, 1.54) is 83.6 Å². The zero-order chi connectivity index (χ0) is 46.7. The first-order chi connectivity index (χ1) is 32.8. The summed E-state index contributed by atoms with van der Waals surface area (Å²) in [4.78, 5) is 2.64. The first kappa shape index (κ1) is 42.6. The summed E-state index contributed by atoms with van der Waals surface area (Å²) < 4.78 is 7.02. The minimum absolute atomic E-state index is 0.000266. The average molecular weight is 884 g/mol. The zero-order valence-corrected chi connectivity index (χ0v) is 40.9. The van der Waals surface area contributed by atoms with Crippen LogP contribution >= 0.6 is 0 Å². The molecule has 0 amide bonds. The molecule has 68 heavy (non-hydrogen) atoms. The number of fused-ring (bicyclic) bond motifs is 11. The average Bonchev–Trinajstić information content (AvgIpc) is 3.84. The predicted molar refractivity (Wildman–Crippen MR) is 290 cm³/mol. The van der Waals surface area contributed by atoms with E-state index in [4.69, 9.17) is 4.42 Å². The monoisotopic (exact) mass is 883 g/mol. The van der Waals surface area contributed by atoms with Crippen molar-refractivity contribution in [2.45, 2.75) is 104 Å². The highest BCUT2D eigenvalue weighted by Gasteiger charge is 2.45. The summed E-state index contributed by atoms with van der Waals surface area (Å²) in [6, 6.07) is 57.1. The van der Waals surface area contributed by atoms with Gasteiger partial charge in [-0.05, 0) is 165 Å². The third-order valence-corrected chi connectivity index (χ3v) is 16.0. The Hall–Kier alpha value is -6.78.